The van der Waals surface area contributed by atoms with E-state index in [1.165, 1.54) is 24.4 Å². The number of nitrogens with one attached hydrogen (secondary N) is 2. The Labute approximate surface area is 107 Å². The summed E-state index contributed by atoms with van der Waals surface area (Å²) in [6.07, 6.45) is 1.39. The molecule has 1 aromatic carbocycles. The normalized spacial score (nSPS) is 10.1. The van der Waals surface area contributed by atoms with Crippen molar-refractivity contribution in [1.29, 1.82) is 0 Å². The van der Waals surface area contributed by atoms with Crippen molar-refractivity contribution in [3.63, 3.8) is 0 Å². The molecule has 1 heterocycles. The first-order valence-electron chi connectivity index (χ1n) is 4.98. The molecule has 0 unspecified atom stereocenters. The number of nitrogens with zero attached hydrogens (tertiary/aromatic N) is 1. The molecule has 0 aliphatic heterocycles. The molecule has 1 aromatic heterocycles. The molecule has 0 aliphatic rings. The third-order valence-corrected chi connectivity index (χ3v) is 2.48. The summed E-state index contributed by atoms with van der Waals surface area (Å²) in [4.78, 5) is 11.9. The molecule has 7 heteroatoms. The molecule has 0 saturated heterocycles. The Hall–Kier alpha value is -2.28. The summed E-state index contributed by atoms with van der Waals surface area (Å²) in [5.41, 5.74) is 5.78. The van der Waals surface area contributed by atoms with E-state index >= 15 is 0 Å². The number of aromatic amines is 1. The van der Waals surface area contributed by atoms with Gasteiger partial charge in [-0.05, 0) is 12.1 Å². The molecule has 2 rings (SSSR count). The van der Waals surface area contributed by atoms with Crippen LogP contribution in [0.25, 0.3) is 0 Å². The van der Waals surface area contributed by atoms with Crippen molar-refractivity contribution in [2.45, 2.75) is 0 Å². The van der Waals surface area contributed by atoms with E-state index in [9.17, 15) is 9.18 Å². The molecule has 2 aromatic rings. The zero-order chi connectivity index (χ0) is 13.1. The topological polar surface area (TPSA) is 83.8 Å². The fourth-order valence-electron chi connectivity index (χ4n) is 1.39. The summed E-state index contributed by atoms with van der Waals surface area (Å²) in [6.45, 7) is 0. The summed E-state index contributed by atoms with van der Waals surface area (Å²) < 4.78 is 13.4. The number of H-pyrrole nitrogens is 1. The van der Waals surface area contributed by atoms with E-state index in [0.717, 1.165) is 0 Å². The summed E-state index contributed by atoms with van der Waals surface area (Å²) in [7, 11) is 0. The Morgan fingerprint density at radius 2 is 2.11 bits per heavy atom. The van der Waals surface area contributed by atoms with E-state index in [-0.39, 0.29) is 16.4 Å². The third kappa shape index (κ3) is 2.35. The molecule has 5 nitrogen and oxygen atoms in total. The quantitative estimate of drug-likeness (QED) is 0.732. The van der Waals surface area contributed by atoms with Crippen LogP contribution in [-0.4, -0.2) is 21.1 Å². The van der Waals surface area contributed by atoms with E-state index in [1.54, 1.807) is 6.07 Å². The number of thiocarbonyl (C=S) groups is 1. The average Bonchev–Trinajstić information content (AvgIpc) is 2.77. The van der Waals surface area contributed by atoms with Gasteiger partial charge in [0, 0.05) is 0 Å². The fraction of sp³-hybridized carbons (Fsp3) is 0. The Morgan fingerprint density at radius 1 is 1.39 bits per heavy atom. The van der Waals surface area contributed by atoms with Gasteiger partial charge in [0.05, 0.1) is 17.3 Å². The molecular weight excluding hydrogens is 255 g/mol. The Kier molecular flexibility index (Phi) is 3.33. The van der Waals surface area contributed by atoms with Crippen LogP contribution in [0.2, 0.25) is 0 Å². The number of rotatable bonds is 3. The average molecular weight is 264 g/mol. The highest BCUT2D eigenvalue weighted by atomic mass is 32.1. The van der Waals surface area contributed by atoms with Gasteiger partial charge in [0.25, 0.3) is 5.91 Å². The van der Waals surface area contributed by atoms with Crippen LogP contribution in [0.5, 0.6) is 0 Å². The van der Waals surface area contributed by atoms with Gasteiger partial charge < -0.3 is 11.1 Å². The van der Waals surface area contributed by atoms with Gasteiger partial charge in [-0.1, -0.05) is 24.4 Å². The minimum Gasteiger partial charge on any atom is -0.389 e. The Balaban J connectivity index is 2.25. The van der Waals surface area contributed by atoms with Gasteiger partial charge in [-0.15, -0.1) is 0 Å². The van der Waals surface area contributed by atoms with Gasteiger partial charge in [0.1, 0.15) is 16.6 Å². The first kappa shape index (κ1) is 12.2. The molecule has 0 saturated carbocycles. The first-order chi connectivity index (χ1) is 8.59. The van der Waals surface area contributed by atoms with Gasteiger partial charge in [-0.3, -0.25) is 9.89 Å². The number of carbonyl (C=O) groups excluding carboxylic acids is 1. The van der Waals surface area contributed by atoms with Crippen LogP contribution in [0.15, 0.2) is 30.5 Å². The zero-order valence-corrected chi connectivity index (χ0v) is 9.92. The van der Waals surface area contributed by atoms with Crippen LogP contribution < -0.4 is 11.1 Å². The molecule has 18 heavy (non-hydrogen) atoms. The van der Waals surface area contributed by atoms with Gasteiger partial charge in [-0.25, -0.2) is 4.39 Å². The Morgan fingerprint density at radius 3 is 2.78 bits per heavy atom. The number of hydrogen-bond donors (Lipinski definition) is 3. The molecular formula is C11H9FN4OS. The lowest BCUT2D eigenvalue weighted by molar-refractivity contribution is 0.102. The van der Waals surface area contributed by atoms with Crippen LogP contribution in [0, 0.1) is 5.82 Å². The van der Waals surface area contributed by atoms with Crippen molar-refractivity contribution in [1.82, 2.24) is 10.2 Å². The van der Waals surface area contributed by atoms with Crippen LogP contribution in [0.3, 0.4) is 0 Å². The number of anilines is 1. The maximum Gasteiger partial charge on any atom is 0.259 e. The molecule has 0 radical (unpaired) electrons. The van der Waals surface area contributed by atoms with Crippen molar-refractivity contribution in [2.24, 2.45) is 5.73 Å². The van der Waals surface area contributed by atoms with Crippen LogP contribution in [-0.2, 0) is 0 Å². The largest absolute Gasteiger partial charge is 0.389 e. The summed E-state index contributed by atoms with van der Waals surface area (Å²) in [5.74, 6) is -0.961. The van der Waals surface area contributed by atoms with E-state index in [0.29, 0.717) is 5.56 Å². The summed E-state index contributed by atoms with van der Waals surface area (Å²) >= 11 is 4.79. The maximum absolute atomic E-state index is 13.4. The minimum atomic E-state index is -0.605. The van der Waals surface area contributed by atoms with Crippen LogP contribution >= 0.6 is 12.2 Å². The summed E-state index contributed by atoms with van der Waals surface area (Å²) in [5, 5.41) is 8.71. The standard InChI is InChI=1S/C11H9FN4OS/c12-8-4-2-1-3-6(8)11(17)15-10-7(9(13)18)5-14-16-10/h1-5H,(H2,13,18)(H2,14,15,16,17). The van der Waals surface area contributed by atoms with Crippen molar-refractivity contribution in [2.75, 3.05) is 5.32 Å². The maximum atomic E-state index is 13.4. The first-order valence-corrected chi connectivity index (χ1v) is 5.39. The lowest BCUT2D eigenvalue weighted by Gasteiger charge is -2.05. The van der Waals surface area contributed by atoms with E-state index in [2.05, 4.69) is 15.5 Å². The molecule has 0 fully saturated rings. The molecule has 0 bridgehead atoms. The van der Waals surface area contributed by atoms with Crippen molar-refractivity contribution in [3.05, 3.63) is 47.4 Å². The number of carbonyl (C=O) groups is 1. The number of aromatic nitrogens is 2. The lowest BCUT2D eigenvalue weighted by Crippen LogP contribution is -2.17. The second kappa shape index (κ2) is 4.92. The number of hydrogen-bond acceptors (Lipinski definition) is 3. The third-order valence-electron chi connectivity index (χ3n) is 2.26. The second-order valence-electron chi connectivity index (χ2n) is 3.46. The van der Waals surface area contributed by atoms with Crippen LogP contribution in [0.1, 0.15) is 15.9 Å². The smallest absolute Gasteiger partial charge is 0.259 e. The Bertz CT molecular complexity index is 611. The molecule has 1 amide bonds. The molecule has 0 atom stereocenters. The number of halogens is 1. The van der Waals surface area contributed by atoms with Crippen LogP contribution in [0.4, 0.5) is 10.2 Å². The highest BCUT2D eigenvalue weighted by Gasteiger charge is 2.14. The monoisotopic (exact) mass is 264 g/mol. The summed E-state index contributed by atoms with van der Waals surface area (Å²) in [6, 6.07) is 5.65. The van der Waals surface area contributed by atoms with Gasteiger partial charge in [0.15, 0.2) is 0 Å². The molecule has 0 aliphatic carbocycles. The van der Waals surface area contributed by atoms with Crippen molar-refractivity contribution < 1.29 is 9.18 Å². The predicted octanol–water partition coefficient (Wildman–Crippen LogP) is 1.44. The van der Waals surface area contributed by atoms with Crippen molar-refractivity contribution >= 4 is 28.9 Å². The van der Waals surface area contributed by atoms with E-state index < -0.39 is 11.7 Å². The van der Waals surface area contributed by atoms with E-state index in [1.807, 2.05) is 0 Å². The minimum absolute atomic E-state index is 0.0685. The second-order valence-corrected chi connectivity index (χ2v) is 3.90. The zero-order valence-electron chi connectivity index (χ0n) is 9.11. The van der Waals surface area contributed by atoms with Gasteiger partial charge >= 0.3 is 0 Å². The predicted molar refractivity (Wildman–Crippen MR) is 68.8 cm³/mol. The fourth-order valence-corrected chi connectivity index (χ4v) is 1.55. The highest BCUT2D eigenvalue weighted by molar-refractivity contribution is 7.80. The van der Waals surface area contributed by atoms with Gasteiger partial charge in [0.2, 0.25) is 0 Å². The number of nitrogens with two attached hydrogens (primary N) is 1. The highest BCUT2D eigenvalue weighted by Crippen LogP contribution is 2.13. The SMILES string of the molecule is NC(=S)c1cn[nH]c1NC(=O)c1ccccc1F. The molecule has 92 valence electrons. The van der Waals surface area contributed by atoms with Crippen molar-refractivity contribution in [3.8, 4) is 0 Å². The number of benzene rings is 1. The van der Waals surface area contributed by atoms with E-state index in [4.69, 9.17) is 18.0 Å². The molecule has 0 spiro atoms. The lowest BCUT2D eigenvalue weighted by atomic mass is 10.2. The molecule has 4 N–H and O–H groups in total. The van der Waals surface area contributed by atoms with Gasteiger partial charge in [-0.2, -0.15) is 5.10 Å². The number of amides is 1.